The quantitative estimate of drug-likeness (QED) is 0.326. The molecule has 0 radical (unpaired) electrons. The molecule has 14 nitrogen and oxygen atoms in total. The molecule has 0 amide bonds. The van der Waals surface area contributed by atoms with Crippen LogP contribution in [-0.4, -0.2) is 78.2 Å². The van der Waals surface area contributed by atoms with Crippen LogP contribution in [0.25, 0.3) is 0 Å². The molecule has 0 aromatic carbocycles. The number of aliphatic hydroxyl groups is 1. The molecule has 0 spiro atoms. The Bertz CT molecular complexity index is 929. The minimum absolute atomic E-state index is 0. The molecule has 0 aliphatic rings. The molecule has 0 saturated heterocycles. The van der Waals surface area contributed by atoms with Gasteiger partial charge in [0.1, 0.15) is 19.3 Å². The summed E-state index contributed by atoms with van der Waals surface area (Å²) in [5.41, 5.74) is 5.15. The summed E-state index contributed by atoms with van der Waals surface area (Å²) in [5, 5.41) is 23.0. The second-order valence-corrected chi connectivity index (χ2v) is 14.1. The molecule has 0 aliphatic heterocycles. The summed E-state index contributed by atoms with van der Waals surface area (Å²) in [7, 11) is 1.00. The van der Waals surface area contributed by atoms with Gasteiger partial charge in [0.25, 0.3) is 0 Å². The molecule has 0 saturated carbocycles. The normalized spacial score (nSPS) is 14.5. The molecule has 45 heavy (non-hydrogen) atoms. The first-order valence-electron chi connectivity index (χ1n) is 14.4. The summed E-state index contributed by atoms with van der Waals surface area (Å²) >= 11 is 0. The predicted molar refractivity (Wildman–Crippen MR) is 169 cm³/mol. The van der Waals surface area contributed by atoms with Crippen LogP contribution >= 0.6 is 0 Å². The van der Waals surface area contributed by atoms with Crippen molar-refractivity contribution in [3.63, 3.8) is 0 Å². The SMILES string of the molecule is CC(OC(C)(C)C)[C@H](C)c1nnc(COC(C)(C)C)o1.CC(OC(C)(C)C)[C@H](N)c1nnc(COC(C)(C)C)o1.CO.O.O.[Pd]. The monoisotopic (exact) mass is 743 g/mol. The van der Waals surface area contributed by atoms with E-state index in [4.69, 9.17) is 38.6 Å². The molecule has 7 N–H and O–H groups in total. The van der Waals surface area contributed by atoms with Gasteiger partial charge >= 0.3 is 0 Å². The van der Waals surface area contributed by atoms with Crippen LogP contribution in [0.3, 0.4) is 0 Å². The Labute approximate surface area is 284 Å². The molecule has 2 rings (SSSR count). The van der Waals surface area contributed by atoms with Crippen LogP contribution in [0, 0.1) is 0 Å². The van der Waals surface area contributed by atoms with Crippen molar-refractivity contribution in [1.29, 1.82) is 0 Å². The number of hydrogen-bond donors (Lipinski definition) is 2. The summed E-state index contributed by atoms with van der Waals surface area (Å²) < 4.78 is 34.1. The summed E-state index contributed by atoms with van der Waals surface area (Å²) in [6.45, 7) is 30.5. The summed E-state index contributed by atoms with van der Waals surface area (Å²) in [5.74, 6) is 1.94. The van der Waals surface area contributed by atoms with Crippen molar-refractivity contribution in [3.8, 4) is 0 Å². The van der Waals surface area contributed by atoms with Gasteiger partial charge in [0.15, 0.2) is 0 Å². The van der Waals surface area contributed by atoms with Gasteiger partial charge < -0.3 is 49.6 Å². The molecular weight excluding hydrogens is 681 g/mol. The smallest absolute Gasteiger partial charge is 0.242 e. The zero-order valence-electron chi connectivity index (χ0n) is 30.3. The van der Waals surface area contributed by atoms with E-state index in [2.05, 4.69) is 20.4 Å². The molecule has 2 aromatic heterocycles. The van der Waals surface area contributed by atoms with Crippen molar-refractivity contribution < 1.29 is 64.3 Å². The van der Waals surface area contributed by atoms with Gasteiger partial charge in [-0.1, -0.05) is 6.92 Å². The average Bonchev–Trinajstić information content (AvgIpc) is 3.49. The van der Waals surface area contributed by atoms with Crippen molar-refractivity contribution in [2.24, 2.45) is 5.73 Å². The first-order chi connectivity index (χ1) is 19.0. The number of rotatable bonds is 10. The standard InChI is InChI=1S/C15H28N2O3.C14H27N3O3.CH4O.2H2O.Pd/c1-10(11(2)20-15(6,7)8)13-17-16-12(19-13)9-18-14(3,4)5;1-9(20-14(5,6)7)11(15)12-17-16-10(19-12)8-18-13(2,3)4;1-2;;;/h10-11H,9H2,1-8H3;9,11H,8,15H2,1-7H3;2H,1H3;2*1H2;/t10-,11?;9?,11-;;;;/m00..../s1. The Kier molecular flexibility index (Phi) is 24.1. The third-order valence-corrected chi connectivity index (χ3v) is 5.19. The van der Waals surface area contributed by atoms with Gasteiger partial charge in [-0.05, 0) is 96.9 Å². The number of nitrogens with zero attached hydrogens (tertiary/aromatic N) is 4. The minimum atomic E-state index is -0.454. The van der Waals surface area contributed by atoms with Gasteiger partial charge in [-0.15, -0.1) is 20.4 Å². The van der Waals surface area contributed by atoms with Gasteiger partial charge in [0, 0.05) is 27.5 Å². The largest absolute Gasteiger partial charge is 0.422 e. The fraction of sp³-hybridized carbons (Fsp3) is 0.867. The van der Waals surface area contributed by atoms with E-state index in [0.717, 1.165) is 7.11 Å². The topological polar surface area (TPSA) is 224 Å². The Morgan fingerprint density at radius 2 is 0.933 bits per heavy atom. The Balaban J connectivity index is -0.000000333. The summed E-state index contributed by atoms with van der Waals surface area (Å²) in [6.07, 6.45) is -0.210. The molecule has 0 fully saturated rings. The van der Waals surface area contributed by atoms with Crippen LogP contribution in [0.2, 0.25) is 0 Å². The molecule has 15 heteroatoms. The van der Waals surface area contributed by atoms with Crippen LogP contribution in [0.4, 0.5) is 0 Å². The molecule has 4 atom stereocenters. The Hall–Kier alpha value is -1.38. The second-order valence-electron chi connectivity index (χ2n) is 14.1. The van der Waals surface area contributed by atoms with Gasteiger partial charge in [0.2, 0.25) is 23.6 Å². The first-order valence-corrected chi connectivity index (χ1v) is 14.4. The number of aliphatic hydroxyl groups excluding tert-OH is 1. The van der Waals surface area contributed by atoms with E-state index < -0.39 is 6.04 Å². The molecule has 2 aromatic rings. The maximum absolute atomic E-state index is 7.00. The van der Waals surface area contributed by atoms with Gasteiger partial charge in [0.05, 0.1) is 40.5 Å². The summed E-state index contributed by atoms with van der Waals surface area (Å²) in [6, 6.07) is -0.454. The van der Waals surface area contributed by atoms with Crippen LogP contribution in [0.1, 0.15) is 139 Å². The molecule has 272 valence electrons. The van der Waals surface area contributed by atoms with E-state index in [-0.39, 0.29) is 78.5 Å². The number of ether oxygens (including phenoxy) is 4. The van der Waals surface area contributed by atoms with E-state index >= 15 is 0 Å². The van der Waals surface area contributed by atoms with E-state index in [1.807, 2.05) is 104 Å². The van der Waals surface area contributed by atoms with Gasteiger partial charge in [-0.25, -0.2) is 0 Å². The van der Waals surface area contributed by atoms with Crippen molar-refractivity contribution in [2.75, 3.05) is 7.11 Å². The van der Waals surface area contributed by atoms with Gasteiger partial charge in [-0.3, -0.25) is 0 Å². The number of hydrogen-bond acceptors (Lipinski definition) is 12. The van der Waals surface area contributed by atoms with E-state index in [1.165, 1.54) is 0 Å². The van der Waals surface area contributed by atoms with E-state index in [9.17, 15) is 0 Å². The van der Waals surface area contributed by atoms with Crippen molar-refractivity contribution >= 4 is 0 Å². The van der Waals surface area contributed by atoms with Crippen molar-refractivity contribution in [2.45, 2.75) is 164 Å². The molecule has 2 heterocycles. The third-order valence-electron chi connectivity index (χ3n) is 5.19. The third kappa shape index (κ3) is 23.6. The Morgan fingerprint density at radius 3 is 1.29 bits per heavy atom. The predicted octanol–water partition coefficient (Wildman–Crippen LogP) is 4.24. The Morgan fingerprint density at radius 1 is 0.600 bits per heavy atom. The first kappa shape index (κ1) is 50.5. The molecule has 2 unspecified atom stereocenters. The second kappa shape index (κ2) is 21.5. The maximum Gasteiger partial charge on any atom is 0.242 e. The fourth-order valence-corrected chi connectivity index (χ4v) is 3.22. The molecule has 0 bridgehead atoms. The minimum Gasteiger partial charge on any atom is -0.422 e. The number of aromatic nitrogens is 4. The zero-order valence-corrected chi connectivity index (χ0v) is 31.9. The molecule has 0 aliphatic carbocycles. The average molecular weight is 744 g/mol. The molecular formula is C30H63N5O9Pd. The van der Waals surface area contributed by atoms with Gasteiger partial charge in [-0.2, -0.15) is 0 Å². The van der Waals surface area contributed by atoms with Crippen molar-refractivity contribution in [3.05, 3.63) is 23.6 Å². The summed E-state index contributed by atoms with van der Waals surface area (Å²) in [4.78, 5) is 0. The maximum atomic E-state index is 7.00. The van der Waals surface area contributed by atoms with Crippen LogP contribution in [0.5, 0.6) is 0 Å². The van der Waals surface area contributed by atoms with Crippen LogP contribution < -0.4 is 5.73 Å². The van der Waals surface area contributed by atoms with Crippen LogP contribution in [0.15, 0.2) is 8.83 Å². The fourth-order valence-electron chi connectivity index (χ4n) is 3.22. The van der Waals surface area contributed by atoms with Crippen LogP contribution in [-0.2, 0) is 52.6 Å². The van der Waals surface area contributed by atoms with Crippen molar-refractivity contribution in [1.82, 2.24) is 20.4 Å². The van der Waals surface area contributed by atoms with E-state index in [1.54, 1.807) is 0 Å². The zero-order chi connectivity index (χ0) is 33.1. The number of nitrogens with two attached hydrogens (primary N) is 1. The van der Waals surface area contributed by atoms with E-state index in [0.29, 0.717) is 30.2 Å².